The van der Waals surface area contributed by atoms with E-state index in [4.69, 9.17) is 0 Å². The van der Waals surface area contributed by atoms with E-state index in [0.717, 1.165) is 17.8 Å². The third-order valence-electron chi connectivity index (χ3n) is 5.10. The van der Waals surface area contributed by atoms with Gasteiger partial charge < -0.3 is 5.32 Å². The number of nitrogens with one attached hydrogen (secondary N) is 1. The summed E-state index contributed by atoms with van der Waals surface area (Å²) < 4.78 is 54.5. The number of benzene rings is 2. The number of carbonyl (C=O) groups excluding carboxylic acids is 1. The molecule has 1 aliphatic heterocycles. The number of tetrazole rings is 1. The molecule has 0 unspecified atom stereocenters. The largest absolute Gasteiger partial charge is 0.326 e. The van der Waals surface area contributed by atoms with Crippen molar-refractivity contribution in [3.63, 3.8) is 0 Å². The minimum atomic E-state index is -3.96. The van der Waals surface area contributed by atoms with E-state index in [2.05, 4.69) is 20.8 Å². The topological polar surface area (TPSA) is 110 Å². The van der Waals surface area contributed by atoms with Crippen molar-refractivity contribution in [1.82, 2.24) is 24.5 Å². The molecule has 0 aliphatic carbocycles. The molecule has 1 N–H and O–H groups in total. The highest BCUT2D eigenvalue weighted by atomic mass is 32.2. The Hall–Kier alpha value is -3.25. The Labute approximate surface area is 176 Å². The van der Waals surface area contributed by atoms with Crippen LogP contribution in [0.1, 0.15) is 12.8 Å². The zero-order valence-electron chi connectivity index (χ0n) is 16.1. The molecule has 1 saturated heterocycles. The first-order chi connectivity index (χ1) is 14.8. The van der Waals surface area contributed by atoms with Crippen molar-refractivity contribution in [3.05, 3.63) is 60.4 Å². The summed E-state index contributed by atoms with van der Waals surface area (Å²) >= 11 is 0. The molecule has 0 spiro atoms. The number of piperidine rings is 1. The summed E-state index contributed by atoms with van der Waals surface area (Å²) in [7, 11) is -3.96. The number of hydrogen-bond acceptors (Lipinski definition) is 6. The number of halogens is 2. The van der Waals surface area contributed by atoms with Gasteiger partial charge in [0.15, 0.2) is 11.6 Å². The Morgan fingerprint density at radius 3 is 2.35 bits per heavy atom. The monoisotopic (exact) mass is 448 g/mol. The van der Waals surface area contributed by atoms with E-state index in [1.165, 1.54) is 15.3 Å². The van der Waals surface area contributed by atoms with Gasteiger partial charge in [-0.05, 0) is 65.7 Å². The van der Waals surface area contributed by atoms with Gasteiger partial charge in [-0.1, -0.05) is 0 Å². The number of nitrogens with zero attached hydrogens (tertiary/aromatic N) is 5. The molecule has 4 rings (SSSR count). The second-order valence-corrected chi connectivity index (χ2v) is 8.98. The van der Waals surface area contributed by atoms with Crippen LogP contribution in [0.25, 0.3) is 5.69 Å². The minimum Gasteiger partial charge on any atom is -0.326 e. The Morgan fingerprint density at radius 2 is 1.74 bits per heavy atom. The van der Waals surface area contributed by atoms with Gasteiger partial charge in [-0.3, -0.25) is 4.79 Å². The lowest BCUT2D eigenvalue weighted by Gasteiger charge is -2.30. The highest BCUT2D eigenvalue weighted by Gasteiger charge is 2.32. The van der Waals surface area contributed by atoms with Crippen LogP contribution in [-0.4, -0.2) is 51.9 Å². The van der Waals surface area contributed by atoms with Gasteiger partial charge in [0.05, 0.1) is 10.6 Å². The van der Waals surface area contributed by atoms with Gasteiger partial charge in [-0.25, -0.2) is 21.9 Å². The Kier molecular flexibility index (Phi) is 5.74. The van der Waals surface area contributed by atoms with Crippen molar-refractivity contribution in [1.29, 1.82) is 0 Å². The van der Waals surface area contributed by atoms with Crippen LogP contribution in [-0.2, 0) is 14.8 Å². The molecule has 2 aromatic carbocycles. The van der Waals surface area contributed by atoms with Crippen molar-refractivity contribution >= 4 is 21.6 Å². The van der Waals surface area contributed by atoms with Crippen molar-refractivity contribution in [2.45, 2.75) is 17.7 Å². The van der Waals surface area contributed by atoms with Gasteiger partial charge in [0, 0.05) is 24.7 Å². The first-order valence-corrected chi connectivity index (χ1v) is 10.9. The summed E-state index contributed by atoms with van der Waals surface area (Å²) in [6, 6.07) is 9.43. The average molecular weight is 448 g/mol. The summed E-state index contributed by atoms with van der Waals surface area (Å²) in [5.74, 6) is -2.91. The molecule has 162 valence electrons. The molecule has 0 atom stereocenters. The average Bonchev–Trinajstić information content (AvgIpc) is 3.31. The molecule has 0 saturated carbocycles. The third kappa shape index (κ3) is 4.44. The molecule has 1 fully saturated rings. The quantitative estimate of drug-likeness (QED) is 0.639. The number of hydrogen-bond donors (Lipinski definition) is 1. The van der Waals surface area contributed by atoms with Crippen molar-refractivity contribution in [2.75, 3.05) is 18.4 Å². The predicted octanol–water partition coefficient (Wildman–Crippen LogP) is 1.98. The molecule has 12 heteroatoms. The van der Waals surface area contributed by atoms with E-state index in [1.54, 1.807) is 24.3 Å². The smallest absolute Gasteiger partial charge is 0.243 e. The lowest BCUT2D eigenvalue weighted by molar-refractivity contribution is -0.120. The van der Waals surface area contributed by atoms with Crippen LogP contribution in [0.2, 0.25) is 0 Å². The van der Waals surface area contributed by atoms with Crippen LogP contribution in [0, 0.1) is 17.6 Å². The van der Waals surface area contributed by atoms with Crippen LogP contribution in [0.3, 0.4) is 0 Å². The predicted molar refractivity (Wildman–Crippen MR) is 106 cm³/mol. The van der Waals surface area contributed by atoms with Gasteiger partial charge >= 0.3 is 0 Å². The number of anilines is 1. The SMILES string of the molecule is O=C(Nc1ccc(-n2cnnn2)cc1)C1CCN(S(=O)(=O)c2ccc(F)c(F)c2)CC1. The van der Waals surface area contributed by atoms with Crippen molar-refractivity contribution in [3.8, 4) is 5.69 Å². The van der Waals surface area contributed by atoms with E-state index in [9.17, 15) is 22.0 Å². The van der Waals surface area contributed by atoms with Gasteiger partial charge in [0.1, 0.15) is 6.33 Å². The van der Waals surface area contributed by atoms with Crippen molar-refractivity contribution < 1.29 is 22.0 Å². The lowest BCUT2D eigenvalue weighted by Crippen LogP contribution is -2.41. The zero-order valence-corrected chi connectivity index (χ0v) is 17.0. The normalized spacial score (nSPS) is 15.7. The number of sulfonamides is 1. The van der Waals surface area contributed by atoms with Gasteiger partial charge in [0.25, 0.3) is 0 Å². The molecular formula is C19H18F2N6O3S. The maximum Gasteiger partial charge on any atom is 0.243 e. The molecule has 31 heavy (non-hydrogen) atoms. The third-order valence-corrected chi connectivity index (χ3v) is 7.00. The van der Waals surface area contributed by atoms with Crippen LogP contribution in [0.5, 0.6) is 0 Å². The molecule has 1 aliphatic rings. The fraction of sp³-hybridized carbons (Fsp3) is 0.263. The standard InChI is InChI=1S/C19H18F2N6O3S/c20-17-6-5-16(11-18(17)21)31(29,30)26-9-7-13(8-10-26)19(28)23-14-1-3-15(4-2-14)27-12-22-24-25-27/h1-6,11-13H,7-10H2,(H,23,28). The summed E-state index contributed by atoms with van der Waals surface area (Å²) in [6.07, 6.45) is 2.09. The van der Waals surface area contributed by atoms with Gasteiger partial charge in [-0.15, -0.1) is 5.10 Å². The highest BCUT2D eigenvalue weighted by molar-refractivity contribution is 7.89. The molecule has 2 heterocycles. The second-order valence-electron chi connectivity index (χ2n) is 7.04. The van der Waals surface area contributed by atoms with Crippen molar-refractivity contribution in [2.24, 2.45) is 5.92 Å². The molecule has 3 aromatic rings. The number of amides is 1. The van der Waals surface area contributed by atoms with E-state index >= 15 is 0 Å². The van der Waals surface area contributed by atoms with E-state index in [1.807, 2.05) is 0 Å². The Morgan fingerprint density at radius 1 is 1.03 bits per heavy atom. The van der Waals surface area contributed by atoms with Gasteiger partial charge in [-0.2, -0.15) is 4.31 Å². The van der Waals surface area contributed by atoms with E-state index in [-0.39, 0.29) is 29.8 Å². The molecule has 1 aromatic heterocycles. The minimum absolute atomic E-state index is 0.109. The van der Waals surface area contributed by atoms with Crippen LogP contribution in [0.15, 0.2) is 53.7 Å². The second kappa shape index (κ2) is 8.47. The Bertz CT molecular complexity index is 1180. The summed E-state index contributed by atoms with van der Waals surface area (Å²) in [6.45, 7) is 0.218. The molecule has 1 amide bonds. The fourth-order valence-electron chi connectivity index (χ4n) is 3.37. The first-order valence-electron chi connectivity index (χ1n) is 9.44. The van der Waals surface area contributed by atoms with E-state index < -0.39 is 21.7 Å². The van der Waals surface area contributed by atoms with Crippen LogP contribution in [0.4, 0.5) is 14.5 Å². The number of carbonyl (C=O) groups is 1. The number of rotatable bonds is 5. The maximum atomic E-state index is 13.4. The zero-order chi connectivity index (χ0) is 22.0. The van der Waals surface area contributed by atoms with Crippen LogP contribution >= 0.6 is 0 Å². The number of aromatic nitrogens is 4. The molecular weight excluding hydrogens is 430 g/mol. The molecule has 9 nitrogen and oxygen atoms in total. The first kappa shape index (κ1) is 21.0. The maximum absolute atomic E-state index is 13.4. The summed E-state index contributed by atoms with van der Waals surface area (Å²) in [5.41, 5.74) is 1.33. The van der Waals surface area contributed by atoms with E-state index in [0.29, 0.717) is 24.6 Å². The Balaban J connectivity index is 1.36. The highest BCUT2D eigenvalue weighted by Crippen LogP contribution is 2.26. The molecule has 0 bridgehead atoms. The molecule has 0 radical (unpaired) electrons. The van der Waals surface area contributed by atoms with Crippen LogP contribution < -0.4 is 5.32 Å². The fourth-order valence-corrected chi connectivity index (χ4v) is 4.85. The van der Waals surface area contributed by atoms with Gasteiger partial charge in [0.2, 0.25) is 15.9 Å². The summed E-state index contributed by atoms with van der Waals surface area (Å²) in [4.78, 5) is 12.3. The lowest BCUT2D eigenvalue weighted by atomic mass is 9.97. The summed E-state index contributed by atoms with van der Waals surface area (Å²) in [5, 5.41) is 13.7.